The lowest BCUT2D eigenvalue weighted by atomic mass is 10.1. The number of esters is 1. The molecule has 0 aliphatic carbocycles. The van der Waals surface area contributed by atoms with Crippen molar-refractivity contribution in [3.63, 3.8) is 0 Å². The zero-order chi connectivity index (χ0) is 10.8. The molecular formula is C10H17NO3. The Kier molecular flexibility index (Phi) is 3.26. The fraction of sp³-hybridized carbons (Fsp3) is 0.800. The highest BCUT2D eigenvalue weighted by molar-refractivity contribution is 5.77. The van der Waals surface area contributed by atoms with E-state index in [2.05, 4.69) is 5.32 Å². The van der Waals surface area contributed by atoms with Gasteiger partial charge in [0.1, 0.15) is 17.9 Å². The van der Waals surface area contributed by atoms with Gasteiger partial charge in [0, 0.05) is 12.5 Å². The Morgan fingerprint density at radius 2 is 2.14 bits per heavy atom. The summed E-state index contributed by atoms with van der Waals surface area (Å²) in [6, 6.07) is -0.315. The number of carbonyl (C=O) groups excluding carboxylic acids is 2. The molecule has 0 radical (unpaired) electrons. The number of ether oxygens (including phenoxy) is 1. The first-order valence-corrected chi connectivity index (χ1v) is 4.84. The number of hydrogen-bond acceptors (Lipinski definition) is 4. The van der Waals surface area contributed by atoms with Crippen molar-refractivity contribution in [2.24, 2.45) is 5.92 Å². The lowest BCUT2D eigenvalue weighted by molar-refractivity contribution is -0.157. The summed E-state index contributed by atoms with van der Waals surface area (Å²) in [6.45, 7) is 6.07. The molecule has 80 valence electrons. The Morgan fingerprint density at radius 3 is 2.57 bits per heavy atom. The van der Waals surface area contributed by atoms with E-state index in [1.165, 1.54) is 0 Å². The smallest absolute Gasteiger partial charge is 0.323 e. The second kappa shape index (κ2) is 4.09. The largest absolute Gasteiger partial charge is 0.459 e. The highest BCUT2D eigenvalue weighted by Crippen LogP contribution is 2.16. The summed E-state index contributed by atoms with van der Waals surface area (Å²) in [4.78, 5) is 22.0. The van der Waals surface area contributed by atoms with Crippen LogP contribution in [0.2, 0.25) is 0 Å². The topological polar surface area (TPSA) is 55.4 Å². The van der Waals surface area contributed by atoms with Gasteiger partial charge < -0.3 is 14.8 Å². The molecule has 1 aliphatic rings. The Bertz CT molecular complexity index is 232. The Hall–Kier alpha value is -0.900. The molecule has 2 atom stereocenters. The van der Waals surface area contributed by atoms with Crippen LogP contribution in [0, 0.1) is 5.92 Å². The van der Waals surface area contributed by atoms with Crippen LogP contribution in [0.3, 0.4) is 0 Å². The van der Waals surface area contributed by atoms with Crippen molar-refractivity contribution in [1.29, 1.82) is 0 Å². The molecule has 1 saturated heterocycles. The highest BCUT2D eigenvalue weighted by atomic mass is 16.6. The summed E-state index contributed by atoms with van der Waals surface area (Å²) in [6.07, 6.45) is 1.44. The molecule has 1 fully saturated rings. The monoisotopic (exact) mass is 199 g/mol. The molecule has 1 N–H and O–H groups in total. The van der Waals surface area contributed by atoms with Crippen LogP contribution in [0.15, 0.2) is 0 Å². The minimum atomic E-state index is -0.460. The molecule has 4 nitrogen and oxygen atoms in total. The third kappa shape index (κ3) is 3.10. The number of carbonyl (C=O) groups is 2. The predicted molar refractivity (Wildman–Crippen MR) is 51.8 cm³/mol. The first kappa shape index (κ1) is 11.2. The molecule has 14 heavy (non-hydrogen) atoms. The zero-order valence-electron chi connectivity index (χ0n) is 8.87. The molecule has 1 rings (SSSR count). The van der Waals surface area contributed by atoms with Crippen LogP contribution < -0.4 is 5.32 Å². The molecule has 0 aromatic rings. The summed E-state index contributed by atoms with van der Waals surface area (Å²) >= 11 is 0. The van der Waals surface area contributed by atoms with Crippen LogP contribution in [-0.4, -0.2) is 30.4 Å². The van der Waals surface area contributed by atoms with Gasteiger partial charge in [-0.2, -0.15) is 0 Å². The standard InChI is InChI=1S/C10H17NO3/c1-10(2,3)14-9(13)8-4-7(6-12)5-11-8/h6-8,11H,4-5H2,1-3H3. The summed E-state index contributed by atoms with van der Waals surface area (Å²) in [5.74, 6) is -0.311. The Labute approximate surface area is 84.0 Å². The molecule has 2 unspecified atom stereocenters. The third-order valence-corrected chi connectivity index (χ3v) is 2.05. The minimum absolute atomic E-state index is 0.0486. The van der Waals surface area contributed by atoms with Gasteiger partial charge in [0.05, 0.1) is 0 Å². The van der Waals surface area contributed by atoms with E-state index in [4.69, 9.17) is 4.74 Å². The maximum Gasteiger partial charge on any atom is 0.323 e. The van der Waals surface area contributed by atoms with Gasteiger partial charge in [0.15, 0.2) is 0 Å². The lowest BCUT2D eigenvalue weighted by Gasteiger charge is -2.21. The number of hydrogen-bond donors (Lipinski definition) is 1. The maximum absolute atomic E-state index is 11.5. The van der Waals surface area contributed by atoms with Crippen molar-refractivity contribution < 1.29 is 14.3 Å². The van der Waals surface area contributed by atoms with Crippen molar-refractivity contribution in [2.45, 2.75) is 38.8 Å². The number of aldehydes is 1. The number of rotatable bonds is 2. The van der Waals surface area contributed by atoms with E-state index in [1.54, 1.807) is 0 Å². The molecule has 0 spiro atoms. The maximum atomic E-state index is 11.5. The van der Waals surface area contributed by atoms with Crippen LogP contribution in [0.25, 0.3) is 0 Å². The van der Waals surface area contributed by atoms with Gasteiger partial charge in [-0.05, 0) is 27.2 Å². The second-order valence-electron chi connectivity index (χ2n) is 4.63. The second-order valence-corrected chi connectivity index (χ2v) is 4.63. The highest BCUT2D eigenvalue weighted by Gasteiger charge is 2.32. The van der Waals surface area contributed by atoms with Gasteiger partial charge in [0.2, 0.25) is 0 Å². The lowest BCUT2D eigenvalue weighted by Crippen LogP contribution is -2.37. The van der Waals surface area contributed by atoms with E-state index in [1.807, 2.05) is 20.8 Å². The molecule has 4 heteroatoms. The fourth-order valence-electron chi connectivity index (χ4n) is 1.42. The van der Waals surface area contributed by atoms with Crippen molar-refractivity contribution in [2.75, 3.05) is 6.54 Å². The third-order valence-electron chi connectivity index (χ3n) is 2.05. The summed E-state index contributed by atoms with van der Waals surface area (Å²) in [5.41, 5.74) is -0.460. The van der Waals surface area contributed by atoms with Crippen molar-refractivity contribution >= 4 is 12.3 Å². The van der Waals surface area contributed by atoms with Gasteiger partial charge in [0.25, 0.3) is 0 Å². The minimum Gasteiger partial charge on any atom is -0.459 e. The van der Waals surface area contributed by atoms with E-state index in [0.717, 1.165) is 6.29 Å². The van der Waals surface area contributed by atoms with Crippen LogP contribution in [0.5, 0.6) is 0 Å². The Balaban J connectivity index is 2.43. The first-order valence-electron chi connectivity index (χ1n) is 4.84. The average molecular weight is 199 g/mol. The van der Waals surface area contributed by atoms with Gasteiger partial charge in [-0.1, -0.05) is 0 Å². The van der Waals surface area contributed by atoms with Crippen LogP contribution in [-0.2, 0) is 14.3 Å². The van der Waals surface area contributed by atoms with Gasteiger partial charge in [-0.3, -0.25) is 4.79 Å². The summed E-state index contributed by atoms with van der Waals surface area (Å²) in [5, 5.41) is 2.97. The van der Waals surface area contributed by atoms with E-state index in [0.29, 0.717) is 13.0 Å². The van der Waals surface area contributed by atoms with Gasteiger partial charge in [-0.15, -0.1) is 0 Å². The molecule has 0 amide bonds. The predicted octanol–water partition coefficient (Wildman–Crippen LogP) is 0.505. The van der Waals surface area contributed by atoms with Gasteiger partial charge >= 0.3 is 5.97 Å². The van der Waals surface area contributed by atoms with E-state index < -0.39 is 5.60 Å². The normalized spacial score (nSPS) is 27.4. The van der Waals surface area contributed by atoms with E-state index >= 15 is 0 Å². The van der Waals surface area contributed by atoms with E-state index in [-0.39, 0.29) is 17.9 Å². The van der Waals surface area contributed by atoms with Gasteiger partial charge in [-0.25, -0.2) is 0 Å². The van der Waals surface area contributed by atoms with Crippen molar-refractivity contribution in [3.8, 4) is 0 Å². The first-order chi connectivity index (χ1) is 6.42. The molecule has 0 aromatic carbocycles. The average Bonchev–Trinajstić information content (AvgIpc) is 2.48. The molecule has 0 aromatic heterocycles. The molecule has 0 bridgehead atoms. The molecule has 1 heterocycles. The quantitative estimate of drug-likeness (QED) is 0.520. The van der Waals surface area contributed by atoms with Crippen molar-refractivity contribution in [1.82, 2.24) is 5.32 Å². The Morgan fingerprint density at radius 1 is 1.50 bits per heavy atom. The summed E-state index contributed by atoms with van der Waals surface area (Å²) in [7, 11) is 0. The van der Waals surface area contributed by atoms with Crippen LogP contribution in [0.1, 0.15) is 27.2 Å². The number of nitrogens with one attached hydrogen (secondary N) is 1. The summed E-state index contributed by atoms with van der Waals surface area (Å²) < 4.78 is 5.20. The zero-order valence-corrected chi connectivity index (χ0v) is 8.87. The molecular weight excluding hydrogens is 182 g/mol. The fourth-order valence-corrected chi connectivity index (χ4v) is 1.42. The van der Waals surface area contributed by atoms with Crippen LogP contribution in [0.4, 0.5) is 0 Å². The van der Waals surface area contributed by atoms with Crippen LogP contribution >= 0.6 is 0 Å². The SMILES string of the molecule is CC(C)(C)OC(=O)C1CC(C=O)CN1. The van der Waals surface area contributed by atoms with E-state index in [9.17, 15) is 9.59 Å². The molecule has 0 saturated carbocycles. The molecule has 1 aliphatic heterocycles. The van der Waals surface area contributed by atoms with Crippen molar-refractivity contribution in [3.05, 3.63) is 0 Å².